The minimum atomic E-state index is -0.0234. The van der Waals surface area contributed by atoms with Crippen molar-refractivity contribution in [1.29, 1.82) is 0 Å². The lowest BCUT2D eigenvalue weighted by molar-refractivity contribution is 0.0968. The highest BCUT2D eigenvalue weighted by Crippen LogP contribution is 2.22. The fraction of sp³-hybridized carbons (Fsp3) is 0.167. The molecule has 0 aliphatic rings. The number of rotatable bonds is 4. The third-order valence-electron chi connectivity index (χ3n) is 3.64. The molecule has 0 spiro atoms. The molecule has 0 atom stereocenters. The van der Waals surface area contributed by atoms with Crippen molar-refractivity contribution in [3.8, 4) is 0 Å². The molecule has 0 amide bonds. The molecule has 0 saturated heterocycles. The number of fused-ring (bicyclic) bond motifs is 1. The van der Waals surface area contributed by atoms with Crippen LogP contribution in [0.1, 0.15) is 27.2 Å². The van der Waals surface area contributed by atoms with Gasteiger partial charge in [-0.1, -0.05) is 35.9 Å². The number of carbonyl (C=O) groups is 1. The first-order chi connectivity index (χ1) is 10.2. The van der Waals surface area contributed by atoms with Gasteiger partial charge in [-0.25, -0.2) is 0 Å². The summed E-state index contributed by atoms with van der Waals surface area (Å²) in [6, 6.07) is 15.4. The minimum Gasteiger partial charge on any atom is -0.453 e. The van der Waals surface area contributed by atoms with Gasteiger partial charge in [-0.3, -0.25) is 4.79 Å². The molecule has 0 unspecified atom stereocenters. The molecule has 0 fully saturated rings. The Bertz CT molecular complexity index is 802. The Morgan fingerprint density at radius 1 is 1.10 bits per heavy atom. The number of aryl methyl sites for hydroxylation is 1. The average molecular weight is 279 g/mol. The lowest BCUT2D eigenvalue weighted by Gasteiger charge is -2.05. The van der Waals surface area contributed by atoms with Crippen LogP contribution < -0.4 is 5.73 Å². The van der Waals surface area contributed by atoms with Gasteiger partial charge in [-0.05, 0) is 36.2 Å². The second kappa shape index (κ2) is 5.54. The van der Waals surface area contributed by atoms with Crippen LogP contribution in [0.4, 0.5) is 0 Å². The fourth-order valence-corrected chi connectivity index (χ4v) is 2.49. The Morgan fingerprint density at radius 3 is 2.62 bits per heavy atom. The van der Waals surface area contributed by atoms with Gasteiger partial charge < -0.3 is 10.2 Å². The standard InChI is InChI=1S/C18H17NO2/c1-12-6-7-17-15(8-12)10-18(21-17)16(20)9-13-4-2-3-5-14(13)11-19/h2-8,10H,9,11,19H2,1H3. The summed E-state index contributed by atoms with van der Waals surface area (Å²) < 4.78 is 5.65. The average Bonchev–Trinajstić information content (AvgIpc) is 2.91. The van der Waals surface area contributed by atoms with Crippen LogP contribution >= 0.6 is 0 Å². The lowest BCUT2D eigenvalue weighted by atomic mass is 10.0. The number of carbonyl (C=O) groups excluding carboxylic acids is 1. The summed E-state index contributed by atoms with van der Waals surface area (Å²) >= 11 is 0. The summed E-state index contributed by atoms with van der Waals surface area (Å²) in [5.41, 5.74) is 9.56. The van der Waals surface area contributed by atoms with Gasteiger partial charge >= 0.3 is 0 Å². The molecule has 3 rings (SSSR count). The molecule has 0 aliphatic carbocycles. The van der Waals surface area contributed by atoms with Gasteiger partial charge in [0.25, 0.3) is 0 Å². The summed E-state index contributed by atoms with van der Waals surface area (Å²) in [4.78, 5) is 12.4. The summed E-state index contributed by atoms with van der Waals surface area (Å²) in [7, 11) is 0. The third kappa shape index (κ3) is 2.73. The van der Waals surface area contributed by atoms with E-state index in [0.717, 1.165) is 27.7 Å². The van der Waals surface area contributed by atoms with Crippen LogP contribution in [-0.4, -0.2) is 5.78 Å². The topological polar surface area (TPSA) is 56.2 Å². The quantitative estimate of drug-likeness (QED) is 0.742. The molecule has 21 heavy (non-hydrogen) atoms. The number of furan rings is 1. The first-order valence-electron chi connectivity index (χ1n) is 6.97. The van der Waals surface area contributed by atoms with Crippen LogP contribution in [0.2, 0.25) is 0 Å². The molecule has 0 radical (unpaired) electrons. The Kier molecular flexibility index (Phi) is 3.59. The molecule has 3 aromatic rings. The molecule has 0 aliphatic heterocycles. The number of ketones is 1. The fourth-order valence-electron chi connectivity index (χ4n) is 2.49. The lowest BCUT2D eigenvalue weighted by Crippen LogP contribution is -2.07. The normalized spacial score (nSPS) is 11.0. The van der Waals surface area contributed by atoms with Gasteiger partial charge in [0.2, 0.25) is 5.78 Å². The van der Waals surface area contributed by atoms with Crippen molar-refractivity contribution in [2.24, 2.45) is 5.73 Å². The summed E-state index contributed by atoms with van der Waals surface area (Å²) in [5, 5.41) is 0.963. The number of Topliss-reactive ketones (excluding diaryl/α,β-unsaturated/α-hetero) is 1. The van der Waals surface area contributed by atoms with E-state index in [9.17, 15) is 4.79 Å². The van der Waals surface area contributed by atoms with Crippen molar-refractivity contribution in [3.63, 3.8) is 0 Å². The second-order valence-corrected chi connectivity index (χ2v) is 5.22. The summed E-state index contributed by atoms with van der Waals surface area (Å²) in [6.07, 6.45) is 0.312. The number of hydrogen-bond donors (Lipinski definition) is 1. The van der Waals surface area contributed by atoms with Gasteiger partial charge in [0, 0.05) is 18.4 Å². The third-order valence-corrected chi connectivity index (χ3v) is 3.64. The van der Waals surface area contributed by atoms with Gasteiger partial charge in [-0.2, -0.15) is 0 Å². The van der Waals surface area contributed by atoms with Crippen molar-refractivity contribution in [3.05, 3.63) is 71.0 Å². The van der Waals surface area contributed by atoms with E-state index in [1.807, 2.05) is 55.5 Å². The highest BCUT2D eigenvalue weighted by Gasteiger charge is 2.14. The maximum atomic E-state index is 12.4. The molecule has 3 nitrogen and oxygen atoms in total. The van der Waals surface area contributed by atoms with Gasteiger partial charge in [-0.15, -0.1) is 0 Å². The van der Waals surface area contributed by atoms with Crippen LogP contribution in [-0.2, 0) is 13.0 Å². The first kappa shape index (κ1) is 13.6. The van der Waals surface area contributed by atoms with E-state index in [-0.39, 0.29) is 5.78 Å². The zero-order valence-corrected chi connectivity index (χ0v) is 11.9. The molecule has 1 heterocycles. The van der Waals surface area contributed by atoms with Crippen molar-refractivity contribution in [2.75, 3.05) is 0 Å². The molecule has 2 aromatic carbocycles. The van der Waals surface area contributed by atoms with Gasteiger partial charge in [0.05, 0.1) is 0 Å². The van der Waals surface area contributed by atoms with Crippen LogP contribution in [0.25, 0.3) is 11.0 Å². The second-order valence-electron chi connectivity index (χ2n) is 5.22. The summed E-state index contributed by atoms with van der Waals surface area (Å²) in [6.45, 7) is 2.45. The van der Waals surface area contributed by atoms with E-state index >= 15 is 0 Å². The Labute approximate surface area is 123 Å². The van der Waals surface area contributed by atoms with Crippen LogP contribution in [0, 0.1) is 6.92 Å². The SMILES string of the molecule is Cc1ccc2oc(C(=O)Cc3ccccc3CN)cc2c1. The highest BCUT2D eigenvalue weighted by atomic mass is 16.3. The number of nitrogens with two attached hydrogens (primary N) is 1. The zero-order chi connectivity index (χ0) is 14.8. The van der Waals surface area contributed by atoms with Crippen molar-refractivity contribution in [1.82, 2.24) is 0 Å². The molecule has 2 N–H and O–H groups in total. The van der Waals surface area contributed by atoms with Crippen molar-refractivity contribution in [2.45, 2.75) is 19.9 Å². The maximum absolute atomic E-state index is 12.4. The van der Waals surface area contributed by atoms with Gasteiger partial charge in [0.15, 0.2) is 5.76 Å². The zero-order valence-electron chi connectivity index (χ0n) is 11.9. The maximum Gasteiger partial charge on any atom is 0.202 e. The molecule has 3 heteroatoms. The summed E-state index contributed by atoms with van der Waals surface area (Å²) in [5.74, 6) is 0.382. The van der Waals surface area contributed by atoms with E-state index in [1.54, 1.807) is 0 Å². The Balaban J connectivity index is 1.90. The Hall–Kier alpha value is -2.39. The predicted octanol–water partition coefficient (Wildman–Crippen LogP) is 3.63. The van der Waals surface area contributed by atoms with Crippen LogP contribution in [0.3, 0.4) is 0 Å². The largest absolute Gasteiger partial charge is 0.453 e. The number of benzene rings is 2. The Morgan fingerprint density at radius 2 is 1.86 bits per heavy atom. The van der Waals surface area contributed by atoms with Crippen molar-refractivity contribution < 1.29 is 9.21 Å². The minimum absolute atomic E-state index is 0.0234. The van der Waals surface area contributed by atoms with E-state index < -0.39 is 0 Å². The molecule has 0 saturated carbocycles. The van der Waals surface area contributed by atoms with E-state index in [1.165, 1.54) is 0 Å². The monoisotopic (exact) mass is 279 g/mol. The van der Waals surface area contributed by atoms with E-state index in [0.29, 0.717) is 18.7 Å². The number of hydrogen-bond acceptors (Lipinski definition) is 3. The van der Waals surface area contributed by atoms with Crippen LogP contribution in [0.15, 0.2) is 52.9 Å². The molecular formula is C18H17NO2. The van der Waals surface area contributed by atoms with Crippen molar-refractivity contribution >= 4 is 16.8 Å². The highest BCUT2D eigenvalue weighted by molar-refractivity contribution is 5.98. The smallest absolute Gasteiger partial charge is 0.202 e. The van der Waals surface area contributed by atoms with Gasteiger partial charge in [0.1, 0.15) is 5.58 Å². The predicted molar refractivity (Wildman–Crippen MR) is 83.3 cm³/mol. The molecule has 106 valence electrons. The van der Waals surface area contributed by atoms with E-state index in [4.69, 9.17) is 10.2 Å². The van der Waals surface area contributed by atoms with Crippen LogP contribution in [0.5, 0.6) is 0 Å². The molecule has 0 bridgehead atoms. The molecule has 1 aromatic heterocycles. The molecular weight excluding hydrogens is 262 g/mol. The first-order valence-corrected chi connectivity index (χ1v) is 6.97. The van der Waals surface area contributed by atoms with E-state index in [2.05, 4.69) is 0 Å².